The molecule has 0 aromatic carbocycles. The number of nitrogens with one attached hydrogen (secondary N) is 1. The molecule has 0 rings (SSSR count). The van der Waals surface area contributed by atoms with E-state index in [1.165, 1.54) is 25.7 Å². The Kier molecular flexibility index (Phi) is 21.6. The molecule has 0 fully saturated rings. The Morgan fingerprint density at radius 2 is 1.41 bits per heavy atom. The van der Waals surface area contributed by atoms with Gasteiger partial charge in [-0.1, -0.05) is 68.4 Å². The van der Waals surface area contributed by atoms with Gasteiger partial charge in [-0.25, -0.2) is 0 Å². The predicted octanol–water partition coefficient (Wildman–Crippen LogP) is 3.99. The Hall–Kier alpha value is -1.50. The fraction of sp³-hybridized carbons (Fsp3) is 0.625. The van der Waals surface area contributed by atoms with Crippen LogP contribution in [0.4, 0.5) is 0 Å². The minimum absolute atomic E-state index is 0.00931. The molecule has 1 unspecified atom stereocenters. The molecule has 0 bridgehead atoms. The maximum Gasteiger partial charge on any atom is 0.268 e. The predicted molar refractivity (Wildman–Crippen MR) is 129 cm³/mol. The first-order valence-electron chi connectivity index (χ1n) is 11.8. The van der Waals surface area contributed by atoms with Gasteiger partial charge < -0.3 is 25.0 Å². The SMILES string of the molecule is CCCCC/C=C\C/C=C\C/C=C\C/C=C\CCCC(=O)NCCOP(=O)([O-])OCC[NH3+]. The fourth-order valence-electron chi connectivity index (χ4n) is 2.59. The van der Waals surface area contributed by atoms with Gasteiger partial charge in [-0.3, -0.25) is 9.36 Å². The lowest BCUT2D eigenvalue weighted by molar-refractivity contribution is -0.373. The minimum atomic E-state index is -4.29. The number of carbonyl (C=O) groups is 1. The highest BCUT2D eigenvalue weighted by atomic mass is 31.2. The molecule has 184 valence electrons. The zero-order chi connectivity index (χ0) is 23.8. The molecule has 0 aromatic rings. The van der Waals surface area contributed by atoms with Gasteiger partial charge in [0, 0.05) is 13.0 Å². The maximum atomic E-state index is 11.7. The van der Waals surface area contributed by atoms with E-state index in [0.29, 0.717) is 13.0 Å². The number of quaternary nitrogens is 1. The van der Waals surface area contributed by atoms with Crippen LogP contribution in [0, 0.1) is 0 Å². The summed E-state index contributed by atoms with van der Waals surface area (Å²) < 4.78 is 20.5. The molecule has 4 N–H and O–H groups in total. The summed E-state index contributed by atoms with van der Waals surface area (Å²) in [6, 6.07) is 0. The second-order valence-electron chi connectivity index (χ2n) is 7.30. The van der Waals surface area contributed by atoms with Gasteiger partial charge in [0.2, 0.25) is 5.91 Å². The molecule has 0 heterocycles. The lowest BCUT2D eigenvalue weighted by atomic mass is 10.2. The van der Waals surface area contributed by atoms with Gasteiger partial charge in [0.05, 0.1) is 13.2 Å². The van der Waals surface area contributed by atoms with Crippen molar-refractivity contribution in [3.05, 3.63) is 48.6 Å². The van der Waals surface area contributed by atoms with E-state index in [4.69, 9.17) is 0 Å². The highest BCUT2D eigenvalue weighted by molar-refractivity contribution is 7.45. The van der Waals surface area contributed by atoms with Crippen LogP contribution < -0.4 is 15.9 Å². The summed E-state index contributed by atoms with van der Waals surface area (Å²) in [5, 5.41) is 2.63. The van der Waals surface area contributed by atoms with Gasteiger partial charge in [0.25, 0.3) is 7.82 Å². The molecular weight excluding hydrogens is 427 g/mol. The van der Waals surface area contributed by atoms with Gasteiger partial charge in [0.15, 0.2) is 0 Å². The van der Waals surface area contributed by atoms with Crippen molar-refractivity contribution < 1.29 is 29.0 Å². The minimum Gasteiger partial charge on any atom is -0.756 e. The Balaban J connectivity index is 3.58. The number of amides is 1. The molecule has 0 aromatic heterocycles. The quantitative estimate of drug-likeness (QED) is 0.149. The second-order valence-corrected chi connectivity index (χ2v) is 8.71. The summed E-state index contributed by atoms with van der Waals surface area (Å²) in [5.74, 6) is -0.121. The summed E-state index contributed by atoms with van der Waals surface area (Å²) in [4.78, 5) is 23.0. The number of allylic oxidation sites excluding steroid dienone is 8. The summed E-state index contributed by atoms with van der Waals surface area (Å²) in [6.07, 6.45) is 27.2. The Bertz CT molecular complexity index is 618. The fourth-order valence-corrected chi connectivity index (χ4v) is 3.33. The average Bonchev–Trinajstić information content (AvgIpc) is 2.77. The normalized spacial score (nSPS) is 14.2. The molecule has 0 aliphatic heterocycles. The first kappa shape index (κ1) is 30.5. The summed E-state index contributed by atoms with van der Waals surface area (Å²) >= 11 is 0. The lowest BCUT2D eigenvalue weighted by Crippen LogP contribution is -2.52. The molecule has 8 heteroatoms. The van der Waals surface area contributed by atoms with Crippen LogP contribution in [-0.4, -0.2) is 32.2 Å². The number of rotatable bonds is 21. The largest absolute Gasteiger partial charge is 0.756 e. The van der Waals surface area contributed by atoms with Gasteiger partial charge in [-0.2, -0.15) is 0 Å². The molecule has 1 amide bonds. The van der Waals surface area contributed by atoms with Crippen LogP contribution in [0.1, 0.15) is 71.1 Å². The van der Waals surface area contributed by atoms with Gasteiger partial charge >= 0.3 is 0 Å². The van der Waals surface area contributed by atoms with Crippen LogP contribution in [-0.2, 0) is 18.4 Å². The van der Waals surface area contributed by atoms with Crippen LogP contribution in [0.15, 0.2) is 48.6 Å². The van der Waals surface area contributed by atoms with Gasteiger partial charge in [-0.05, 0) is 44.9 Å². The molecule has 1 atom stereocenters. The van der Waals surface area contributed by atoms with E-state index in [1.54, 1.807) is 0 Å². The van der Waals surface area contributed by atoms with Gasteiger partial charge in [0.1, 0.15) is 6.61 Å². The number of phosphoric acid groups is 1. The number of hydrogen-bond donors (Lipinski definition) is 2. The van der Waals surface area contributed by atoms with E-state index >= 15 is 0 Å². The van der Waals surface area contributed by atoms with Gasteiger partial charge in [-0.15, -0.1) is 0 Å². The van der Waals surface area contributed by atoms with E-state index in [-0.39, 0.29) is 25.7 Å². The Morgan fingerprint density at radius 1 is 0.875 bits per heavy atom. The first-order valence-corrected chi connectivity index (χ1v) is 13.2. The average molecular weight is 471 g/mol. The Labute approximate surface area is 194 Å². The van der Waals surface area contributed by atoms with Crippen molar-refractivity contribution in [1.29, 1.82) is 0 Å². The van der Waals surface area contributed by atoms with E-state index in [1.807, 2.05) is 0 Å². The summed E-state index contributed by atoms with van der Waals surface area (Å²) in [6.45, 7) is 2.54. The zero-order valence-electron chi connectivity index (χ0n) is 19.7. The van der Waals surface area contributed by atoms with E-state index in [0.717, 1.165) is 32.1 Å². The number of phosphoric ester groups is 1. The summed E-state index contributed by atoms with van der Waals surface area (Å²) in [5.41, 5.74) is 3.48. The molecule has 0 aliphatic carbocycles. The van der Waals surface area contributed by atoms with Crippen molar-refractivity contribution in [2.75, 3.05) is 26.3 Å². The first-order chi connectivity index (χ1) is 15.5. The van der Waals surface area contributed by atoms with E-state index < -0.39 is 7.82 Å². The molecule has 7 nitrogen and oxygen atoms in total. The van der Waals surface area contributed by atoms with Crippen molar-refractivity contribution >= 4 is 13.7 Å². The van der Waals surface area contributed by atoms with Crippen LogP contribution in [0.5, 0.6) is 0 Å². The topological polar surface area (TPSA) is 115 Å². The molecular formula is C24H43N2O5P. The van der Waals surface area contributed by atoms with Crippen molar-refractivity contribution in [1.82, 2.24) is 5.32 Å². The maximum absolute atomic E-state index is 11.7. The molecule has 0 radical (unpaired) electrons. The third-order valence-electron chi connectivity index (χ3n) is 4.30. The van der Waals surface area contributed by atoms with Crippen LogP contribution in [0.2, 0.25) is 0 Å². The molecule has 0 aliphatic rings. The van der Waals surface area contributed by atoms with E-state index in [9.17, 15) is 14.3 Å². The number of hydrogen-bond acceptors (Lipinski definition) is 5. The van der Waals surface area contributed by atoms with E-state index in [2.05, 4.69) is 75.6 Å². The summed E-state index contributed by atoms with van der Waals surface area (Å²) in [7, 11) is -4.29. The van der Waals surface area contributed by atoms with Crippen molar-refractivity contribution in [3.63, 3.8) is 0 Å². The van der Waals surface area contributed by atoms with Crippen LogP contribution in [0.3, 0.4) is 0 Å². The smallest absolute Gasteiger partial charge is 0.268 e. The van der Waals surface area contributed by atoms with Crippen molar-refractivity contribution in [2.45, 2.75) is 71.1 Å². The monoisotopic (exact) mass is 470 g/mol. The van der Waals surface area contributed by atoms with Crippen molar-refractivity contribution in [3.8, 4) is 0 Å². The number of carbonyl (C=O) groups excluding carboxylic acids is 1. The standard InChI is InChI=1S/C24H43N2O5P/c1-2-3-4-5-6-7-8-9-10-11-12-13-14-15-16-17-18-19-24(27)26-21-23-31-32(28,29)30-22-20-25/h6-7,9-10,12-13,15-16H,2-5,8,11,14,17-23,25H2,1H3,(H,26,27)(H,28,29)/b7-6-,10-9-,13-12-,16-15-. The third kappa shape index (κ3) is 23.2. The second kappa shape index (κ2) is 22.7. The zero-order valence-corrected chi connectivity index (χ0v) is 20.6. The number of unbranched alkanes of at least 4 members (excludes halogenated alkanes) is 4. The van der Waals surface area contributed by atoms with Crippen LogP contribution in [0.25, 0.3) is 0 Å². The third-order valence-corrected chi connectivity index (χ3v) is 5.30. The Morgan fingerprint density at radius 3 is 1.97 bits per heavy atom. The molecule has 32 heavy (non-hydrogen) atoms. The van der Waals surface area contributed by atoms with Crippen LogP contribution >= 0.6 is 7.82 Å². The lowest BCUT2D eigenvalue weighted by Gasteiger charge is -2.21. The molecule has 0 saturated carbocycles. The van der Waals surface area contributed by atoms with Crippen molar-refractivity contribution in [2.24, 2.45) is 0 Å². The molecule has 0 spiro atoms. The highest BCUT2D eigenvalue weighted by Crippen LogP contribution is 2.37. The molecule has 0 saturated heterocycles. The highest BCUT2D eigenvalue weighted by Gasteiger charge is 2.09.